The smallest absolute Gasteiger partial charge is 0.400 e. The summed E-state index contributed by atoms with van der Waals surface area (Å²) in [6.45, 7) is -0.376. The molecule has 1 unspecified atom stereocenters. The van der Waals surface area contributed by atoms with Crippen LogP contribution in [0.3, 0.4) is 0 Å². The summed E-state index contributed by atoms with van der Waals surface area (Å²) in [5.41, 5.74) is 5.60. The molecule has 0 spiro atoms. The van der Waals surface area contributed by atoms with Gasteiger partial charge < -0.3 is 15.8 Å². The van der Waals surface area contributed by atoms with E-state index in [1.807, 2.05) is 0 Å². The van der Waals surface area contributed by atoms with Gasteiger partial charge in [0, 0.05) is 13.1 Å². The summed E-state index contributed by atoms with van der Waals surface area (Å²) >= 11 is 0. The minimum Gasteiger partial charge on any atom is -0.409 e. The summed E-state index contributed by atoms with van der Waals surface area (Å²) in [5.74, 6) is -3.44. The number of hydrogen-bond acceptors (Lipinski definition) is 3. The van der Waals surface area contributed by atoms with Gasteiger partial charge in [-0.25, -0.2) is 4.39 Å². The van der Waals surface area contributed by atoms with Crippen LogP contribution in [0.4, 0.5) is 17.6 Å². The van der Waals surface area contributed by atoms with Gasteiger partial charge in [-0.1, -0.05) is 17.3 Å². The Morgan fingerprint density at radius 3 is 2.60 bits per heavy atom. The first-order valence-electron chi connectivity index (χ1n) is 5.71. The standard InChI is InChI=1S/C12H15F4N3O/c1-19(6-8-3-2-4-9(13)5-8)7-10(11(17)18-20)12(14,15)16/h2-5,10,20H,6-7H2,1H3,(H2,17,18). The van der Waals surface area contributed by atoms with Crippen LogP contribution < -0.4 is 5.73 Å². The van der Waals surface area contributed by atoms with Crippen LogP contribution in [-0.2, 0) is 6.54 Å². The van der Waals surface area contributed by atoms with Gasteiger partial charge in [-0.05, 0) is 24.7 Å². The predicted octanol–water partition coefficient (Wildman–Crippen LogP) is 2.18. The van der Waals surface area contributed by atoms with Crippen LogP contribution >= 0.6 is 0 Å². The van der Waals surface area contributed by atoms with E-state index < -0.39 is 30.3 Å². The monoisotopic (exact) mass is 293 g/mol. The molecule has 0 radical (unpaired) electrons. The van der Waals surface area contributed by atoms with Gasteiger partial charge >= 0.3 is 6.18 Å². The van der Waals surface area contributed by atoms with E-state index in [1.165, 1.54) is 30.1 Å². The first kappa shape index (κ1) is 16.2. The van der Waals surface area contributed by atoms with Crippen LogP contribution in [0.2, 0.25) is 0 Å². The van der Waals surface area contributed by atoms with Gasteiger partial charge in [-0.15, -0.1) is 0 Å². The molecule has 0 bridgehead atoms. The van der Waals surface area contributed by atoms with Gasteiger partial charge in [-0.3, -0.25) is 0 Å². The third kappa shape index (κ3) is 4.69. The number of oxime groups is 1. The SMILES string of the molecule is CN(Cc1cccc(F)c1)CC(/C(N)=N/O)C(F)(F)F. The topological polar surface area (TPSA) is 61.8 Å². The van der Waals surface area contributed by atoms with Crippen molar-refractivity contribution in [1.82, 2.24) is 4.90 Å². The number of nitrogens with two attached hydrogens (primary N) is 1. The minimum atomic E-state index is -4.62. The molecule has 1 aromatic carbocycles. The molecule has 8 heteroatoms. The molecule has 0 aromatic heterocycles. The van der Waals surface area contributed by atoms with E-state index in [2.05, 4.69) is 5.16 Å². The molecule has 0 amide bonds. The van der Waals surface area contributed by atoms with Crippen LogP contribution in [0.25, 0.3) is 0 Å². The lowest BCUT2D eigenvalue weighted by Crippen LogP contribution is -2.43. The molecule has 0 saturated heterocycles. The summed E-state index contributed by atoms with van der Waals surface area (Å²) in [6, 6.07) is 5.57. The van der Waals surface area contributed by atoms with Gasteiger partial charge in [0.15, 0.2) is 5.84 Å². The first-order valence-corrected chi connectivity index (χ1v) is 5.71. The molecule has 0 saturated carbocycles. The molecule has 0 aliphatic heterocycles. The predicted molar refractivity (Wildman–Crippen MR) is 65.7 cm³/mol. The largest absolute Gasteiger partial charge is 0.409 e. The molecule has 4 nitrogen and oxygen atoms in total. The van der Waals surface area contributed by atoms with E-state index in [1.54, 1.807) is 6.07 Å². The molecule has 3 N–H and O–H groups in total. The van der Waals surface area contributed by atoms with Crippen molar-refractivity contribution in [1.29, 1.82) is 0 Å². The normalized spacial score (nSPS) is 14.6. The summed E-state index contributed by atoms with van der Waals surface area (Å²) in [7, 11) is 1.44. The second-order valence-corrected chi connectivity index (χ2v) is 4.45. The van der Waals surface area contributed by atoms with Crippen molar-refractivity contribution >= 4 is 5.84 Å². The number of hydrogen-bond donors (Lipinski definition) is 2. The highest BCUT2D eigenvalue weighted by Gasteiger charge is 2.43. The van der Waals surface area contributed by atoms with Crippen LogP contribution in [0, 0.1) is 11.7 Å². The molecular weight excluding hydrogens is 278 g/mol. The molecule has 0 heterocycles. The number of alkyl halides is 3. The maximum absolute atomic E-state index is 13.0. The molecule has 20 heavy (non-hydrogen) atoms. The van der Waals surface area contributed by atoms with E-state index >= 15 is 0 Å². The van der Waals surface area contributed by atoms with Crippen LogP contribution in [-0.4, -0.2) is 35.7 Å². The van der Waals surface area contributed by atoms with Crippen molar-refractivity contribution in [2.75, 3.05) is 13.6 Å². The van der Waals surface area contributed by atoms with Crippen LogP contribution in [0.5, 0.6) is 0 Å². The van der Waals surface area contributed by atoms with Crippen LogP contribution in [0.1, 0.15) is 5.56 Å². The highest BCUT2D eigenvalue weighted by Crippen LogP contribution is 2.27. The Morgan fingerprint density at radius 2 is 2.10 bits per heavy atom. The molecule has 0 fully saturated rings. The Labute approximate surface area is 113 Å². The molecule has 1 aromatic rings. The molecular formula is C12H15F4N3O. The van der Waals surface area contributed by atoms with Crippen molar-refractivity contribution in [3.05, 3.63) is 35.6 Å². The van der Waals surface area contributed by atoms with E-state index in [9.17, 15) is 17.6 Å². The molecule has 0 aliphatic rings. The number of nitrogens with zero attached hydrogens (tertiary/aromatic N) is 2. The van der Waals surface area contributed by atoms with Crippen molar-refractivity contribution in [3.8, 4) is 0 Å². The number of benzene rings is 1. The van der Waals surface area contributed by atoms with Gasteiger partial charge in [0.25, 0.3) is 0 Å². The second kappa shape index (κ2) is 6.56. The fourth-order valence-electron chi connectivity index (χ4n) is 1.76. The fraction of sp³-hybridized carbons (Fsp3) is 0.417. The Morgan fingerprint density at radius 1 is 1.45 bits per heavy atom. The van der Waals surface area contributed by atoms with Crippen molar-refractivity contribution in [2.24, 2.45) is 16.8 Å². The first-order chi connectivity index (χ1) is 9.24. The Balaban J connectivity index is 2.74. The third-order valence-electron chi connectivity index (χ3n) is 2.70. The quantitative estimate of drug-likeness (QED) is 0.287. The van der Waals surface area contributed by atoms with E-state index in [0.29, 0.717) is 5.56 Å². The maximum atomic E-state index is 13.0. The highest BCUT2D eigenvalue weighted by atomic mass is 19.4. The lowest BCUT2D eigenvalue weighted by atomic mass is 10.1. The van der Waals surface area contributed by atoms with Gasteiger partial charge in [0.1, 0.15) is 11.7 Å². The highest BCUT2D eigenvalue weighted by molar-refractivity contribution is 5.83. The summed E-state index contributed by atoms with van der Waals surface area (Å²) in [6.07, 6.45) is -4.62. The van der Waals surface area contributed by atoms with Crippen LogP contribution in [0.15, 0.2) is 29.4 Å². The van der Waals surface area contributed by atoms with E-state index in [0.717, 1.165) is 0 Å². The molecule has 1 rings (SSSR count). The number of halogens is 4. The van der Waals surface area contributed by atoms with Gasteiger partial charge in [0.05, 0.1) is 0 Å². The van der Waals surface area contributed by atoms with E-state index in [-0.39, 0.29) is 6.54 Å². The third-order valence-corrected chi connectivity index (χ3v) is 2.70. The van der Waals surface area contributed by atoms with Gasteiger partial charge in [0.2, 0.25) is 0 Å². The average molecular weight is 293 g/mol. The van der Waals surface area contributed by atoms with Gasteiger partial charge in [-0.2, -0.15) is 13.2 Å². The number of rotatable bonds is 5. The summed E-state index contributed by atoms with van der Waals surface area (Å²) < 4.78 is 51.3. The Kier molecular flexibility index (Phi) is 5.32. The number of amidine groups is 1. The average Bonchev–Trinajstić information content (AvgIpc) is 2.33. The van der Waals surface area contributed by atoms with Crippen molar-refractivity contribution in [3.63, 3.8) is 0 Å². The lowest BCUT2D eigenvalue weighted by molar-refractivity contribution is -0.159. The molecule has 0 aliphatic carbocycles. The minimum absolute atomic E-state index is 0.114. The second-order valence-electron chi connectivity index (χ2n) is 4.45. The Hall–Kier alpha value is -1.83. The zero-order chi connectivity index (χ0) is 15.3. The zero-order valence-electron chi connectivity index (χ0n) is 10.7. The van der Waals surface area contributed by atoms with Crippen molar-refractivity contribution < 1.29 is 22.8 Å². The lowest BCUT2D eigenvalue weighted by Gasteiger charge is -2.25. The fourth-order valence-corrected chi connectivity index (χ4v) is 1.76. The molecule has 1 atom stereocenters. The van der Waals surface area contributed by atoms with E-state index in [4.69, 9.17) is 10.9 Å². The van der Waals surface area contributed by atoms with Crippen molar-refractivity contribution in [2.45, 2.75) is 12.7 Å². The maximum Gasteiger partial charge on any atom is 0.400 e. The summed E-state index contributed by atoms with van der Waals surface area (Å²) in [5, 5.41) is 10.8. The summed E-state index contributed by atoms with van der Waals surface area (Å²) in [4.78, 5) is 1.32. The zero-order valence-corrected chi connectivity index (χ0v) is 10.7. The molecule has 112 valence electrons. The Bertz CT molecular complexity index is 476.